The van der Waals surface area contributed by atoms with Gasteiger partial charge in [0.2, 0.25) is 5.91 Å². The van der Waals surface area contributed by atoms with E-state index < -0.39 is 0 Å². The molecule has 1 unspecified atom stereocenters. The Bertz CT molecular complexity index is 576. The summed E-state index contributed by atoms with van der Waals surface area (Å²) in [5.41, 5.74) is 0.678. The number of hydrogen-bond donors (Lipinski definition) is 2. The summed E-state index contributed by atoms with van der Waals surface area (Å²) in [6, 6.07) is 7.00. The maximum atomic E-state index is 13.6. The molecule has 132 valence electrons. The molecule has 1 atom stereocenters. The molecule has 1 saturated heterocycles. The second kappa shape index (κ2) is 9.25. The number of likely N-dealkylation sites (tertiary alicyclic amines) is 1. The SMILES string of the molecule is CCNC(=NCCc1ccccc1F)NC1CCN(C(=O)CC)C1. The van der Waals surface area contributed by atoms with E-state index in [1.807, 2.05) is 24.8 Å². The predicted octanol–water partition coefficient (Wildman–Crippen LogP) is 1.93. The monoisotopic (exact) mass is 334 g/mol. The normalized spacial score (nSPS) is 17.9. The molecule has 1 amide bonds. The highest BCUT2D eigenvalue weighted by Gasteiger charge is 2.25. The molecule has 1 fully saturated rings. The van der Waals surface area contributed by atoms with Crippen LogP contribution < -0.4 is 10.6 Å². The molecule has 0 bridgehead atoms. The Morgan fingerprint density at radius 1 is 1.38 bits per heavy atom. The largest absolute Gasteiger partial charge is 0.357 e. The van der Waals surface area contributed by atoms with Gasteiger partial charge in [-0.3, -0.25) is 9.79 Å². The third kappa shape index (κ3) is 5.22. The quantitative estimate of drug-likeness (QED) is 0.617. The molecule has 1 aliphatic heterocycles. The summed E-state index contributed by atoms with van der Waals surface area (Å²) in [6.45, 7) is 6.67. The Kier molecular flexibility index (Phi) is 7.03. The van der Waals surface area contributed by atoms with Crippen molar-refractivity contribution in [1.29, 1.82) is 0 Å². The Balaban J connectivity index is 1.87. The minimum absolute atomic E-state index is 0.185. The summed E-state index contributed by atoms with van der Waals surface area (Å²) >= 11 is 0. The van der Waals surface area contributed by atoms with Crippen LogP contribution in [0.3, 0.4) is 0 Å². The summed E-state index contributed by atoms with van der Waals surface area (Å²) in [4.78, 5) is 18.2. The van der Waals surface area contributed by atoms with Gasteiger partial charge in [0.05, 0.1) is 0 Å². The molecule has 1 aliphatic rings. The van der Waals surface area contributed by atoms with Crippen LogP contribution in [0.1, 0.15) is 32.3 Å². The molecule has 2 N–H and O–H groups in total. The smallest absolute Gasteiger partial charge is 0.222 e. The van der Waals surface area contributed by atoms with Crippen LogP contribution in [0.15, 0.2) is 29.3 Å². The second-order valence-electron chi connectivity index (χ2n) is 5.93. The fraction of sp³-hybridized carbons (Fsp3) is 0.556. The zero-order valence-corrected chi connectivity index (χ0v) is 14.5. The van der Waals surface area contributed by atoms with Crippen LogP contribution >= 0.6 is 0 Å². The lowest BCUT2D eigenvalue weighted by molar-refractivity contribution is -0.129. The van der Waals surface area contributed by atoms with Crippen LogP contribution in [0.5, 0.6) is 0 Å². The minimum atomic E-state index is -0.185. The highest BCUT2D eigenvalue weighted by Crippen LogP contribution is 2.10. The van der Waals surface area contributed by atoms with Crippen molar-refractivity contribution in [2.75, 3.05) is 26.2 Å². The molecule has 1 aromatic carbocycles. The van der Waals surface area contributed by atoms with E-state index in [2.05, 4.69) is 15.6 Å². The highest BCUT2D eigenvalue weighted by atomic mass is 19.1. The summed E-state index contributed by atoms with van der Waals surface area (Å²) in [5, 5.41) is 6.59. The van der Waals surface area contributed by atoms with Crippen LogP contribution in [0.25, 0.3) is 0 Å². The predicted molar refractivity (Wildman–Crippen MR) is 94.5 cm³/mol. The number of carbonyl (C=O) groups is 1. The molecular weight excluding hydrogens is 307 g/mol. The Morgan fingerprint density at radius 2 is 2.17 bits per heavy atom. The van der Waals surface area contributed by atoms with Crippen molar-refractivity contribution >= 4 is 11.9 Å². The average molecular weight is 334 g/mol. The third-order valence-corrected chi connectivity index (χ3v) is 4.14. The summed E-state index contributed by atoms with van der Waals surface area (Å²) in [7, 11) is 0. The van der Waals surface area contributed by atoms with Gasteiger partial charge in [0.25, 0.3) is 0 Å². The Labute approximate surface area is 143 Å². The lowest BCUT2D eigenvalue weighted by Crippen LogP contribution is -2.45. The third-order valence-electron chi connectivity index (χ3n) is 4.14. The molecule has 6 heteroatoms. The first-order valence-electron chi connectivity index (χ1n) is 8.70. The molecule has 2 rings (SSSR count). The number of carbonyl (C=O) groups excluding carboxylic acids is 1. The van der Waals surface area contributed by atoms with Gasteiger partial charge >= 0.3 is 0 Å². The molecular formula is C18H27FN4O. The number of nitrogens with one attached hydrogen (secondary N) is 2. The van der Waals surface area contributed by atoms with E-state index >= 15 is 0 Å². The molecule has 0 aliphatic carbocycles. The first-order chi connectivity index (χ1) is 11.6. The number of nitrogens with zero attached hydrogens (tertiary/aromatic N) is 2. The van der Waals surface area contributed by atoms with E-state index in [0.29, 0.717) is 31.5 Å². The van der Waals surface area contributed by atoms with Gasteiger partial charge in [0.15, 0.2) is 5.96 Å². The molecule has 0 aromatic heterocycles. The van der Waals surface area contributed by atoms with Crippen LogP contribution in [0.4, 0.5) is 4.39 Å². The molecule has 0 radical (unpaired) electrons. The number of aliphatic imine (C=N–C) groups is 1. The van der Waals surface area contributed by atoms with Gasteiger partial charge in [-0.15, -0.1) is 0 Å². The van der Waals surface area contributed by atoms with Gasteiger partial charge in [0.1, 0.15) is 5.82 Å². The zero-order chi connectivity index (χ0) is 17.4. The van der Waals surface area contributed by atoms with Crippen molar-refractivity contribution in [2.45, 2.75) is 39.2 Å². The van der Waals surface area contributed by atoms with Crippen molar-refractivity contribution in [2.24, 2.45) is 4.99 Å². The number of rotatable bonds is 6. The molecule has 0 saturated carbocycles. The Hall–Kier alpha value is -2.11. The molecule has 24 heavy (non-hydrogen) atoms. The summed E-state index contributed by atoms with van der Waals surface area (Å²) in [6.07, 6.45) is 2.03. The molecule has 0 spiro atoms. The standard InChI is InChI=1S/C18H27FN4O/c1-3-17(24)23-12-10-15(13-23)22-18(20-4-2)21-11-9-14-7-5-6-8-16(14)19/h5-8,15H,3-4,9-13H2,1-2H3,(H2,20,21,22). The fourth-order valence-electron chi connectivity index (χ4n) is 2.83. The first kappa shape index (κ1) is 18.2. The first-order valence-corrected chi connectivity index (χ1v) is 8.70. The van der Waals surface area contributed by atoms with Crippen LogP contribution in [0, 0.1) is 5.82 Å². The van der Waals surface area contributed by atoms with Crippen molar-refractivity contribution in [3.8, 4) is 0 Å². The lowest BCUT2D eigenvalue weighted by atomic mass is 10.1. The lowest BCUT2D eigenvalue weighted by Gasteiger charge is -2.18. The zero-order valence-electron chi connectivity index (χ0n) is 14.5. The fourth-order valence-corrected chi connectivity index (χ4v) is 2.83. The van der Waals surface area contributed by atoms with Crippen molar-refractivity contribution in [3.63, 3.8) is 0 Å². The topological polar surface area (TPSA) is 56.7 Å². The van der Waals surface area contributed by atoms with Gasteiger partial charge in [-0.05, 0) is 31.4 Å². The van der Waals surface area contributed by atoms with Crippen molar-refractivity contribution in [3.05, 3.63) is 35.6 Å². The van der Waals surface area contributed by atoms with Crippen LogP contribution in [0.2, 0.25) is 0 Å². The number of amides is 1. The maximum Gasteiger partial charge on any atom is 0.222 e. The van der Waals surface area contributed by atoms with E-state index in [9.17, 15) is 9.18 Å². The van der Waals surface area contributed by atoms with Crippen molar-refractivity contribution < 1.29 is 9.18 Å². The Morgan fingerprint density at radius 3 is 2.88 bits per heavy atom. The second-order valence-corrected chi connectivity index (χ2v) is 5.93. The molecule has 1 heterocycles. The highest BCUT2D eigenvalue weighted by molar-refractivity contribution is 5.80. The minimum Gasteiger partial charge on any atom is -0.357 e. The molecule has 1 aromatic rings. The number of guanidine groups is 1. The van der Waals surface area contributed by atoms with Gasteiger partial charge in [0, 0.05) is 38.6 Å². The van der Waals surface area contributed by atoms with Gasteiger partial charge in [-0.2, -0.15) is 0 Å². The summed E-state index contributed by atoms with van der Waals surface area (Å²) in [5.74, 6) is 0.737. The van der Waals surface area contributed by atoms with E-state index in [1.165, 1.54) is 6.07 Å². The van der Waals surface area contributed by atoms with Crippen molar-refractivity contribution in [1.82, 2.24) is 15.5 Å². The van der Waals surface area contributed by atoms with Crippen LogP contribution in [-0.4, -0.2) is 49.0 Å². The number of halogens is 1. The number of hydrogen-bond acceptors (Lipinski definition) is 2. The van der Waals surface area contributed by atoms with E-state index in [-0.39, 0.29) is 17.8 Å². The summed E-state index contributed by atoms with van der Waals surface area (Å²) < 4.78 is 13.6. The van der Waals surface area contributed by atoms with Gasteiger partial charge in [-0.1, -0.05) is 25.1 Å². The molecule has 5 nitrogen and oxygen atoms in total. The van der Waals surface area contributed by atoms with Gasteiger partial charge in [-0.25, -0.2) is 4.39 Å². The van der Waals surface area contributed by atoms with E-state index in [0.717, 1.165) is 25.5 Å². The van der Waals surface area contributed by atoms with E-state index in [4.69, 9.17) is 0 Å². The number of benzene rings is 1. The average Bonchev–Trinajstić information content (AvgIpc) is 3.04. The maximum absolute atomic E-state index is 13.6. The van der Waals surface area contributed by atoms with Crippen LogP contribution in [-0.2, 0) is 11.2 Å². The van der Waals surface area contributed by atoms with Gasteiger partial charge < -0.3 is 15.5 Å². The van der Waals surface area contributed by atoms with E-state index in [1.54, 1.807) is 12.1 Å².